The number of anilines is 1. The van der Waals surface area contributed by atoms with Crippen LogP contribution in [-0.4, -0.2) is 60.9 Å². The van der Waals surface area contributed by atoms with Crippen LogP contribution >= 0.6 is 0 Å². The first-order valence-corrected chi connectivity index (χ1v) is 10.6. The molecule has 3 rings (SSSR count). The number of benzene rings is 1. The molecule has 2 fully saturated rings. The van der Waals surface area contributed by atoms with E-state index in [0.717, 1.165) is 37.8 Å². The number of hydrogen-bond donors (Lipinski definition) is 1. The Morgan fingerprint density at radius 3 is 2.27 bits per heavy atom. The van der Waals surface area contributed by atoms with Crippen molar-refractivity contribution in [1.29, 1.82) is 0 Å². The highest BCUT2D eigenvalue weighted by atomic mass is 16.5. The Balaban J connectivity index is 1.45. The topological polar surface area (TPSA) is 96.0 Å². The summed E-state index contributed by atoms with van der Waals surface area (Å²) in [6.45, 7) is 3.31. The maximum atomic E-state index is 12.4. The largest absolute Gasteiger partial charge is 0.451 e. The van der Waals surface area contributed by atoms with Crippen LogP contribution in [0.5, 0.6) is 0 Å². The molecule has 2 aliphatic rings. The Bertz CT molecular complexity index is 784. The van der Waals surface area contributed by atoms with Gasteiger partial charge in [-0.3, -0.25) is 19.2 Å². The number of carbonyl (C=O) groups excluding carboxylic acids is 4. The highest BCUT2D eigenvalue weighted by Crippen LogP contribution is 2.21. The molecule has 162 valence electrons. The molecule has 0 saturated carbocycles. The van der Waals surface area contributed by atoms with E-state index in [1.54, 1.807) is 41.0 Å². The number of ether oxygens (including phenoxy) is 1. The Morgan fingerprint density at radius 1 is 1.00 bits per heavy atom. The molecule has 30 heavy (non-hydrogen) atoms. The van der Waals surface area contributed by atoms with E-state index >= 15 is 0 Å². The zero-order valence-corrected chi connectivity index (χ0v) is 17.4. The molecule has 2 heterocycles. The molecular formula is C22H29N3O5. The lowest BCUT2D eigenvalue weighted by Gasteiger charge is -2.24. The van der Waals surface area contributed by atoms with Gasteiger partial charge in [-0.05, 0) is 50.5 Å². The Labute approximate surface area is 176 Å². The van der Waals surface area contributed by atoms with Gasteiger partial charge in [0.05, 0.1) is 0 Å². The molecule has 8 nitrogen and oxygen atoms in total. The van der Waals surface area contributed by atoms with Gasteiger partial charge in [-0.15, -0.1) is 0 Å². The standard InChI is InChI=1S/C22H29N3O5/c1-16(22(29)24-12-4-2-3-5-13-24)30-20(27)15-23-21(28)17-8-10-18(11-9-17)25-14-6-7-19(25)26/h8-11,16H,2-7,12-15H2,1H3,(H,23,28). The van der Waals surface area contributed by atoms with Crippen LogP contribution in [-0.2, 0) is 19.1 Å². The zero-order valence-electron chi connectivity index (χ0n) is 17.4. The maximum Gasteiger partial charge on any atom is 0.326 e. The SMILES string of the molecule is CC(OC(=O)CNC(=O)c1ccc(N2CCCC2=O)cc1)C(=O)N1CCCCCC1. The number of rotatable bonds is 6. The van der Waals surface area contributed by atoms with Crippen LogP contribution in [0.15, 0.2) is 24.3 Å². The predicted octanol–water partition coefficient (Wildman–Crippen LogP) is 1.88. The van der Waals surface area contributed by atoms with Gasteiger partial charge in [0.25, 0.3) is 11.8 Å². The molecule has 2 saturated heterocycles. The van der Waals surface area contributed by atoms with E-state index in [9.17, 15) is 19.2 Å². The third-order valence-corrected chi connectivity index (χ3v) is 5.48. The van der Waals surface area contributed by atoms with Gasteiger partial charge < -0.3 is 19.9 Å². The Hall–Kier alpha value is -2.90. The minimum atomic E-state index is -0.871. The molecule has 3 amide bonds. The van der Waals surface area contributed by atoms with Crippen molar-refractivity contribution < 1.29 is 23.9 Å². The van der Waals surface area contributed by atoms with Gasteiger partial charge >= 0.3 is 5.97 Å². The van der Waals surface area contributed by atoms with Crippen LogP contribution in [0.2, 0.25) is 0 Å². The summed E-state index contributed by atoms with van der Waals surface area (Å²) < 4.78 is 5.20. The smallest absolute Gasteiger partial charge is 0.326 e. The lowest BCUT2D eigenvalue weighted by molar-refractivity contribution is -0.158. The molecule has 1 unspecified atom stereocenters. The monoisotopic (exact) mass is 415 g/mol. The maximum absolute atomic E-state index is 12.4. The highest BCUT2D eigenvalue weighted by Gasteiger charge is 2.25. The lowest BCUT2D eigenvalue weighted by atomic mass is 10.2. The Morgan fingerprint density at radius 2 is 1.67 bits per heavy atom. The van der Waals surface area contributed by atoms with Crippen LogP contribution in [0, 0.1) is 0 Å². The van der Waals surface area contributed by atoms with E-state index in [2.05, 4.69) is 5.32 Å². The number of carbonyl (C=O) groups is 4. The molecule has 2 aliphatic heterocycles. The van der Waals surface area contributed by atoms with Gasteiger partial charge in [-0.1, -0.05) is 12.8 Å². The van der Waals surface area contributed by atoms with Crippen molar-refractivity contribution in [2.75, 3.05) is 31.1 Å². The van der Waals surface area contributed by atoms with Crippen molar-refractivity contribution in [1.82, 2.24) is 10.2 Å². The minimum absolute atomic E-state index is 0.0822. The van der Waals surface area contributed by atoms with Crippen molar-refractivity contribution in [3.05, 3.63) is 29.8 Å². The van der Waals surface area contributed by atoms with Crippen molar-refractivity contribution >= 4 is 29.4 Å². The second kappa shape index (κ2) is 10.2. The second-order valence-corrected chi connectivity index (χ2v) is 7.75. The molecule has 0 bridgehead atoms. The number of amides is 3. The van der Waals surface area contributed by atoms with Gasteiger partial charge in [0, 0.05) is 37.3 Å². The predicted molar refractivity (Wildman–Crippen MR) is 111 cm³/mol. The van der Waals surface area contributed by atoms with Gasteiger partial charge in [0.15, 0.2) is 6.10 Å². The molecular weight excluding hydrogens is 386 g/mol. The molecule has 8 heteroatoms. The van der Waals surface area contributed by atoms with Crippen molar-refractivity contribution in [3.8, 4) is 0 Å². The molecule has 0 aromatic heterocycles. The average molecular weight is 415 g/mol. The van der Waals surface area contributed by atoms with Crippen molar-refractivity contribution in [3.63, 3.8) is 0 Å². The molecule has 1 aromatic carbocycles. The lowest BCUT2D eigenvalue weighted by Crippen LogP contribution is -2.42. The third kappa shape index (κ3) is 5.58. The first-order chi connectivity index (χ1) is 14.5. The number of esters is 1. The van der Waals surface area contributed by atoms with Gasteiger partial charge in [0.2, 0.25) is 5.91 Å². The summed E-state index contributed by atoms with van der Waals surface area (Å²) in [4.78, 5) is 52.0. The van der Waals surface area contributed by atoms with Crippen LogP contribution in [0.25, 0.3) is 0 Å². The minimum Gasteiger partial charge on any atom is -0.451 e. The summed E-state index contributed by atoms with van der Waals surface area (Å²) in [6, 6.07) is 6.68. The molecule has 1 aromatic rings. The molecule has 0 aliphatic carbocycles. The fourth-order valence-corrected chi connectivity index (χ4v) is 3.81. The molecule has 0 radical (unpaired) electrons. The summed E-state index contributed by atoms with van der Waals surface area (Å²) in [6.07, 6.45) is 4.66. The van der Waals surface area contributed by atoms with Gasteiger partial charge in [-0.2, -0.15) is 0 Å². The number of nitrogens with one attached hydrogen (secondary N) is 1. The average Bonchev–Trinajstić information content (AvgIpc) is 3.00. The van der Waals surface area contributed by atoms with E-state index < -0.39 is 18.0 Å². The molecule has 0 spiro atoms. The van der Waals surface area contributed by atoms with Crippen molar-refractivity contribution in [2.24, 2.45) is 0 Å². The Kier molecular flexibility index (Phi) is 7.43. The summed E-state index contributed by atoms with van der Waals surface area (Å²) >= 11 is 0. The molecule has 1 N–H and O–H groups in total. The fraction of sp³-hybridized carbons (Fsp3) is 0.545. The van der Waals surface area contributed by atoms with E-state index in [0.29, 0.717) is 31.6 Å². The zero-order chi connectivity index (χ0) is 21.5. The van der Waals surface area contributed by atoms with Crippen molar-refractivity contribution in [2.45, 2.75) is 51.6 Å². The van der Waals surface area contributed by atoms with E-state index in [4.69, 9.17) is 4.74 Å². The quantitative estimate of drug-likeness (QED) is 0.716. The number of likely N-dealkylation sites (tertiary alicyclic amines) is 1. The summed E-state index contributed by atoms with van der Waals surface area (Å²) in [5.41, 5.74) is 1.14. The third-order valence-electron chi connectivity index (χ3n) is 5.48. The normalized spacial score (nSPS) is 18.0. The highest BCUT2D eigenvalue weighted by molar-refractivity contribution is 5.98. The van der Waals surface area contributed by atoms with Gasteiger partial charge in [-0.25, -0.2) is 0 Å². The van der Waals surface area contributed by atoms with E-state index in [1.807, 2.05) is 0 Å². The van der Waals surface area contributed by atoms with E-state index in [1.165, 1.54) is 0 Å². The fourth-order valence-electron chi connectivity index (χ4n) is 3.81. The van der Waals surface area contributed by atoms with Gasteiger partial charge in [0.1, 0.15) is 6.54 Å². The number of hydrogen-bond acceptors (Lipinski definition) is 5. The summed E-state index contributed by atoms with van der Waals surface area (Å²) in [5.74, 6) is -1.18. The first-order valence-electron chi connectivity index (χ1n) is 10.6. The van der Waals surface area contributed by atoms with Crippen LogP contribution in [0.1, 0.15) is 55.8 Å². The van der Waals surface area contributed by atoms with Crippen LogP contribution in [0.3, 0.4) is 0 Å². The second-order valence-electron chi connectivity index (χ2n) is 7.75. The molecule has 1 atom stereocenters. The van der Waals surface area contributed by atoms with Crippen LogP contribution < -0.4 is 10.2 Å². The number of nitrogens with zero attached hydrogens (tertiary/aromatic N) is 2. The summed E-state index contributed by atoms with van der Waals surface area (Å²) in [7, 11) is 0. The van der Waals surface area contributed by atoms with E-state index in [-0.39, 0.29) is 18.4 Å². The first kappa shape index (κ1) is 21.8. The summed E-state index contributed by atoms with van der Waals surface area (Å²) in [5, 5.41) is 2.51. The van der Waals surface area contributed by atoms with Crippen LogP contribution in [0.4, 0.5) is 5.69 Å².